The van der Waals surface area contributed by atoms with E-state index < -0.39 is 12.4 Å². The van der Waals surface area contributed by atoms with Gasteiger partial charge in [-0.2, -0.15) is 0 Å². The van der Waals surface area contributed by atoms with Crippen LogP contribution in [0.3, 0.4) is 0 Å². The molecule has 0 unspecified atom stereocenters. The summed E-state index contributed by atoms with van der Waals surface area (Å²) in [6.45, 7) is 36.8. The predicted molar refractivity (Wildman–Crippen MR) is 221 cm³/mol. The lowest BCUT2D eigenvalue weighted by atomic mass is 9.85. The van der Waals surface area contributed by atoms with Gasteiger partial charge >= 0.3 is 12.4 Å². The maximum atomic E-state index is 8.19. The summed E-state index contributed by atoms with van der Waals surface area (Å²) in [4.78, 5) is 5.08. The minimum atomic E-state index is -3.69. The Labute approximate surface area is 315 Å². The molecule has 2 aliphatic rings. The van der Waals surface area contributed by atoms with Crippen LogP contribution in [-0.4, -0.2) is 23.5 Å². The quantitative estimate of drug-likeness (QED) is 0.185. The first-order chi connectivity index (χ1) is 21.6. The Bertz CT molecular complexity index is 1330. The maximum Gasteiger partial charge on any atom is 0.302 e. The Hall–Kier alpha value is -0.366. The first-order valence-electron chi connectivity index (χ1n) is 18.0. The van der Waals surface area contributed by atoms with E-state index in [9.17, 15) is 0 Å². The number of rotatable bonds is 9. The molecule has 0 spiro atoms. The third-order valence-electron chi connectivity index (χ3n) is 10.8. The van der Waals surface area contributed by atoms with E-state index in [-0.39, 0.29) is 21.9 Å². The van der Waals surface area contributed by atoms with Crippen LogP contribution in [0.4, 0.5) is 11.4 Å². The molecule has 8 heteroatoms. The molecule has 2 aromatic carbocycles. The minimum absolute atomic E-state index is 0.252. The summed E-state index contributed by atoms with van der Waals surface area (Å²) in [6, 6.07) is 13.5. The van der Waals surface area contributed by atoms with E-state index in [1.54, 1.807) is 0 Å². The molecule has 0 aromatic heterocycles. The molecule has 2 aromatic rings. The summed E-state index contributed by atoms with van der Waals surface area (Å²) in [5.41, 5.74) is 8.69. The Morgan fingerprint density at radius 3 is 0.917 bits per heavy atom. The molecule has 2 saturated heterocycles. The second-order valence-corrected chi connectivity index (χ2v) is 38.0. The van der Waals surface area contributed by atoms with Gasteiger partial charge in [0, 0.05) is 22.5 Å². The van der Waals surface area contributed by atoms with Crippen LogP contribution in [0.2, 0.25) is 0 Å². The molecule has 0 N–H and O–H groups in total. The van der Waals surface area contributed by atoms with Crippen LogP contribution in [0.5, 0.6) is 0 Å². The summed E-state index contributed by atoms with van der Waals surface area (Å²) >= 11 is 32.8. The number of halogens is 4. The molecule has 0 aliphatic carbocycles. The third-order valence-corrected chi connectivity index (χ3v) is 34.2. The highest BCUT2D eigenvalue weighted by Gasteiger charge is 2.76. The molecule has 2 fully saturated rings. The first-order valence-corrected chi connectivity index (χ1v) is 27.1. The third kappa shape index (κ3) is 6.68. The molecule has 0 bridgehead atoms. The van der Waals surface area contributed by atoms with Crippen molar-refractivity contribution in [3.05, 3.63) is 70.0 Å². The summed E-state index contributed by atoms with van der Waals surface area (Å²) in [6.07, 6.45) is -5.58. The predicted octanol–water partition coefficient (Wildman–Crippen LogP) is 14.0. The molecule has 2 heterocycles. The largest absolute Gasteiger partial charge is 0.358 e. The Morgan fingerprint density at radius 1 is 0.479 bits per heavy atom. The zero-order valence-electron chi connectivity index (χ0n) is 32.6. The molecule has 4 rings (SSSR count). The zero-order valence-corrected chi connectivity index (χ0v) is 37.6. The van der Waals surface area contributed by atoms with Gasteiger partial charge in [-0.15, -0.1) is 44.3 Å². The van der Waals surface area contributed by atoms with Crippen molar-refractivity contribution in [2.45, 2.75) is 158 Å². The van der Waals surface area contributed by atoms with E-state index in [4.69, 9.17) is 44.3 Å². The van der Waals surface area contributed by atoms with Crippen molar-refractivity contribution >= 4 is 68.1 Å². The molecule has 268 valence electrons. The second-order valence-electron chi connectivity index (χ2n) is 18.5. The molecule has 0 amide bonds. The standard InChI is InChI=1S/C40H62Cl4N2Si2/c1-25(2)29-19-17-20-30(26(3)4)33(29)45-35(37(9,10)23-39(45,13)14)47(41,42)48(43,44)36-38(11,12)24-40(15,16)46(36)34-31(27(5)6)21-18-22-32(34)28(7)8/h17-22,25-28H,23-24H2,1-16H3. The van der Waals surface area contributed by atoms with Crippen LogP contribution < -0.4 is 9.80 Å². The number of anilines is 2. The van der Waals surface area contributed by atoms with Gasteiger partial charge in [0.2, 0.25) is 0 Å². The fourth-order valence-corrected chi connectivity index (χ4v) is 25.1. The van der Waals surface area contributed by atoms with Crippen molar-refractivity contribution in [3.8, 4) is 0 Å². The van der Waals surface area contributed by atoms with Crippen molar-refractivity contribution in [3.63, 3.8) is 0 Å². The van der Waals surface area contributed by atoms with Gasteiger partial charge in [0.1, 0.15) is 0 Å². The summed E-state index contributed by atoms with van der Waals surface area (Å²) < 4.78 is 0. The number of hydrogen-bond acceptors (Lipinski definition) is 2. The van der Waals surface area contributed by atoms with E-state index in [1.165, 1.54) is 33.6 Å². The number of nitrogens with zero attached hydrogens (tertiary/aromatic N) is 2. The lowest BCUT2D eigenvalue weighted by Gasteiger charge is -2.52. The fourth-order valence-electron chi connectivity index (χ4n) is 9.50. The summed E-state index contributed by atoms with van der Waals surface area (Å²) in [5, 5.41) is 0. The monoisotopic (exact) mass is 766 g/mol. The highest BCUT2D eigenvalue weighted by Crippen LogP contribution is 2.67. The van der Waals surface area contributed by atoms with Gasteiger partial charge in [0.15, 0.2) is 0 Å². The summed E-state index contributed by atoms with van der Waals surface area (Å²) in [7, 11) is 0. The van der Waals surface area contributed by atoms with Crippen LogP contribution in [0, 0.1) is 22.2 Å². The van der Waals surface area contributed by atoms with Crippen LogP contribution in [0.25, 0.3) is 0 Å². The van der Waals surface area contributed by atoms with Gasteiger partial charge in [-0.1, -0.05) is 119 Å². The molecular weight excluding hydrogens is 706 g/mol. The van der Waals surface area contributed by atoms with Crippen LogP contribution in [0.1, 0.15) is 170 Å². The van der Waals surface area contributed by atoms with Crippen molar-refractivity contribution in [2.24, 2.45) is 10.8 Å². The number of benzene rings is 2. The van der Waals surface area contributed by atoms with Gasteiger partial charge in [-0.3, -0.25) is 0 Å². The number of hydrogen-bond donors (Lipinski definition) is 0. The van der Waals surface area contributed by atoms with Gasteiger partial charge in [0.25, 0.3) is 0 Å². The maximum absolute atomic E-state index is 8.19. The molecule has 0 atom stereocenters. The van der Waals surface area contributed by atoms with E-state index in [0.29, 0.717) is 23.7 Å². The average Bonchev–Trinajstić information content (AvgIpc) is 3.25. The molecular formula is C40H62Cl4N2Si2. The van der Waals surface area contributed by atoms with Crippen molar-refractivity contribution in [1.82, 2.24) is 0 Å². The fraction of sp³-hybridized carbons (Fsp3) is 0.650. The lowest BCUT2D eigenvalue weighted by molar-refractivity contribution is 0.381. The van der Waals surface area contributed by atoms with E-state index >= 15 is 0 Å². The summed E-state index contributed by atoms with van der Waals surface area (Å²) in [5.74, 6) is 1.27. The van der Waals surface area contributed by atoms with Gasteiger partial charge < -0.3 is 9.80 Å². The Morgan fingerprint density at radius 2 is 0.708 bits per heavy atom. The number of para-hydroxylation sites is 2. The highest BCUT2D eigenvalue weighted by atomic mass is 35.8. The van der Waals surface area contributed by atoms with E-state index in [1.807, 2.05) is 0 Å². The normalized spacial score (nSPS) is 21.5. The van der Waals surface area contributed by atoms with Crippen LogP contribution >= 0.6 is 44.3 Å². The Kier molecular flexibility index (Phi) is 11.1. The smallest absolute Gasteiger partial charge is 0.302 e. The average molecular weight is 769 g/mol. The topological polar surface area (TPSA) is 6.48 Å². The molecule has 2 radical (unpaired) electrons. The molecule has 48 heavy (non-hydrogen) atoms. The lowest BCUT2D eigenvalue weighted by Crippen LogP contribution is -2.67. The SMILES string of the molecule is CC(C)c1cccc(C(C)C)c1N1[C]([Si](Cl)(Cl)[Si](Cl)(Cl)[C]2N(c3c(C(C)C)cccc3C(C)C)C(C)(C)CC2(C)C)C(C)(C)CC1(C)C. The highest BCUT2D eigenvalue weighted by molar-refractivity contribution is 7.95. The molecule has 0 saturated carbocycles. The molecule has 2 nitrogen and oxygen atoms in total. The van der Waals surface area contributed by atoms with Crippen molar-refractivity contribution in [2.75, 3.05) is 9.80 Å². The zero-order chi connectivity index (χ0) is 36.7. The van der Waals surface area contributed by atoms with Crippen LogP contribution in [-0.2, 0) is 0 Å². The first kappa shape index (κ1) is 40.4. The van der Waals surface area contributed by atoms with Crippen LogP contribution in [0.15, 0.2) is 36.4 Å². The van der Waals surface area contributed by atoms with Gasteiger partial charge in [0.05, 0.1) is 11.3 Å². The Balaban J connectivity index is 2.05. The minimum Gasteiger partial charge on any atom is -0.358 e. The van der Waals surface area contributed by atoms with Gasteiger partial charge in [-0.05, 0) is 97.3 Å². The second kappa shape index (κ2) is 13.2. The van der Waals surface area contributed by atoms with Gasteiger partial charge in [-0.25, -0.2) is 0 Å². The van der Waals surface area contributed by atoms with E-state index in [2.05, 4.69) is 157 Å². The van der Waals surface area contributed by atoms with Crippen molar-refractivity contribution in [1.29, 1.82) is 0 Å². The molecule has 2 aliphatic heterocycles. The van der Waals surface area contributed by atoms with E-state index in [0.717, 1.165) is 24.2 Å². The van der Waals surface area contributed by atoms with Crippen molar-refractivity contribution < 1.29 is 0 Å².